The van der Waals surface area contributed by atoms with E-state index < -0.39 is 41.4 Å². The van der Waals surface area contributed by atoms with Gasteiger partial charge in [0.2, 0.25) is 0 Å². The van der Waals surface area contributed by atoms with Crippen LogP contribution >= 0.6 is 0 Å². The summed E-state index contributed by atoms with van der Waals surface area (Å²) >= 11 is 0. The van der Waals surface area contributed by atoms with E-state index in [1.807, 2.05) is 24.3 Å². The van der Waals surface area contributed by atoms with Crippen molar-refractivity contribution in [2.45, 2.75) is 6.92 Å². The zero-order valence-corrected chi connectivity index (χ0v) is 21.7. The van der Waals surface area contributed by atoms with Crippen molar-refractivity contribution in [3.63, 3.8) is 0 Å². The number of anilines is 4. The lowest BCUT2D eigenvalue weighted by molar-refractivity contribution is -0.134. The van der Waals surface area contributed by atoms with Crippen molar-refractivity contribution in [1.82, 2.24) is 0 Å². The van der Waals surface area contributed by atoms with Gasteiger partial charge in [-0.1, -0.05) is 79.7 Å². The topological polar surface area (TPSA) is 81.2 Å². The number of amides is 4. The van der Waals surface area contributed by atoms with Crippen molar-refractivity contribution in [2.75, 3.05) is 20.0 Å². The molecule has 4 amide bonds. The van der Waals surface area contributed by atoms with E-state index in [2.05, 4.69) is 0 Å². The van der Waals surface area contributed by atoms with Gasteiger partial charge in [-0.25, -0.2) is 20.0 Å². The van der Waals surface area contributed by atoms with Crippen molar-refractivity contribution >= 4 is 46.4 Å². The summed E-state index contributed by atoms with van der Waals surface area (Å²) in [7, 11) is 0. The van der Waals surface area contributed by atoms with Crippen molar-refractivity contribution in [2.24, 2.45) is 17.8 Å². The fraction of sp³-hybridized carbons (Fsp3) is 0.125. The average molecular weight is 531 g/mol. The first kappa shape index (κ1) is 25.1. The Morgan fingerprint density at radius 2 is 0.600 bits per heavy atom. The summed E-state index contributed by atoms with van der Waals surface area (Å²) in [5, 5.41) is 5.36. The first-order valence-electron chi connectivity index (χ1n) is 13.0. The number of benzene rings is 4. The Morgan fingerprint density at radius 1 is 0.400 bits per heavy atom. The van der Waals surface area contributed by atoms with Crippen LogP contribution in [-0.2, 0) is 19.2 Å². The number of nitrogens with zero attached hydrogens (tertiary/aromatic N) is 4. The molecule has 0 aliphatic carbocycles. The maximum absolute atomic E-state index is 14.0. The van der Waals surface area contributed by atoms with Crippen LogP contribution in [0.3, 0.4) is 0 Å². The van der Waals surface area contributed by atoms with Gasteiger partial charge in [-0.15, -0.1) is 0 Å². The molecule has 198 valence electrons. The molecule has 6 rings (SSSR count). The van der Waals surface area contributed by atoms with Crippen LogP contribution < -0.4 is 20.0 Å². The Bertz CT molecular complexity index is 1330. The number of hydrogen-bond donors (Lipinski definition) is 0. The van der Waals surface area contributed by atoms with E-state index in [1.54, 1.807) is 104 Å². The third-order valence-electron chi connectivity index (χ3n) is 7.35. The third kappa shape index (κ3) is 4.01. The van der Waals surface area contributed by atoms with E-state index in [0.717, 1.165) is 0 Å². The number of hydrogen-bond acceptors (Lipinski definition) is 4. The van der Waals surface area contributed by atoms with Crippen LogP contribution in [0.4, 0.5) is 22.7 Å². The molecule has 8 nitrogen and oxygen atoms in total. The zero-order valence-electron chi connectivity index (χ0n) is 21.7. The molecule has 0 atom stereocenters. The minimum Gasteiger partial charge on any atom is -0.272 e. The van der Waals surface area contributed by atoms with Crippen LogP contribution in [0.2, 0.25) is 0 Å². The highest BCUT2D eigenvalue weighted by Crippen LogP contribution is 2.41. The second-order valence-electron chi connectivity index (χ2n) is 9.76. The normalized spacial score (nSPS) is 16.6. The molecule has 4 aromatic carbocycles. The number of carbonyl (C=O) groups is 4. The summed E-state index contributed by atoms with van der Waals surface area (Å²) in [5.41, 5.74) is 2.06. The second kappa shape index (κ2) is 10.1. The van der Waals surface area contributed by atoms with Crippen LogP contribution in [-0.4, -0.2) is 23.6 Å². The lowest BCUT2D eigenvalue weighted by Crippen LogP contribution is -2.41. The number of carbonyl (C=O) groups excluding carboxylic acids is 4. The quantitative estimate of drug-likeness (QED) is 0.334. The number of rotatable bonds is 6. The molecule has 0 unspecified atom stereocenters. The van der Waals surface area contributed by atoms with Gasteiger partial charge in [0, 0.05) is 0 Å². The summed E-state index contributed by atoms with van der Waals surface area (Å²) in [6, 6.07) is 35.5. The van der Waals surface area contributed by atoms with Gasteiger partial charge in [0.15, 0.2) is 0 Å². The van der Waals surface area contributed by atoms with Gasteiger partial charge in [-0.05, 0) is 54.4 Å². The van der Waals surface area contributed by atoms with Crippen molar-refractivity contribution in [3.8, 4) is 0 Å². The molecule has 2 aliphatic rings. The van der Waals surface area contributed by atoms with E-state index >= 15 is 0 Å². The zero-order chi connectivity index (χ0) is 27.8. The second-order valence-corrected chi connectivity index (χ2v) is 9.76. The van der Waals surface area contributed by atoms with Gasteiger partial charge in [0.1, 0.15) is 11.8 Å². The average Bonchev–Trinajstić information content (AvgIpc) is 3.42. The molecule has 2 fully saturated rings. The van der Waals surface area contributed by atoms with Crippen molar-refractivity contribution < 1.29 is 19.2 Å². The van der Waals surface area contributed by atoms with Gasteiger partial charge >= 0.3 is 0 Å². The third-order valence-corrected chi connectivity index (χ3v) is 7.35. The van der Waals surface area contributed by atoms with Gasteiger partial charge in [0.05, 0.1) is 22.7 Å². The lowest BCUT2D eigenvalue weighted by Gasteiger charge is -2.27. The fourth-order valence-corrected chi connectivity index (χ4v) is 5.47. The Kier molecular flexibility index (Phi) is 6.36. The molecule has 8 heteroatoms. The van der Waals surface area contributed by atoms with Crippen LogP contribution in [0.15, 0.2) is 121 Å². The van der Waals surface area contributed by atoms with Gasteiger partial charge < -0.3 is 0 Å². The highest BCUT2D eigenvalue weighted by molar-refractivity contribution is 6.26. The molecule has 4 aromatic rings. The molecular weight excluding hydrogens is 504 g/mol. The van der Waals surface area contributed by atoms with Gasteiger partial charge in [-0.2, -0.15) is 0 Å². The van der Waals surface area contributed by atoms with Crippen LogP contribution in [0.25, 0.3) is 0 Å². The van der Waals surface area contributed by atoms with Gasteiger partial charge in [-0.3, -0.25) is 19.2 Å². The monoisotopic (exact) mass is 530 g/mol. The number of para-hydroxylation sites is 4. The van der Waals surface area contributed by atoms with E-state index in [4.69, 9.17) is 0 Å². The highest BCUT2D eigenvalue weighted by atomic mass is 16.2. The molecule has 2 aliphatic heterocycles. The summed E-state index contributed by atoms with van der Waals surface area (Å²) in [5.74, 6) is -5.36. The molecule has 0 bridgehead atoms. The maximum Gasteiger partial charge on any atom is 0.259 e. The summed E-state index contributed by atoms with van der Waals surface area (Å²) in [4.78, 5) is 56.1. The SMILES string of the molecule is CC(C1C(=O)N(c2ccccc2)N(c2ccccc2)C1=O)C1C(=O)N(c2ccccc2)N(c2ccccc2)C1=O. The lowest BCUT2D eigenvalue weighted by atomic mass is 9.81. The Morgan fingerprint density at radius 3 is 0.800 bits per heavy atom. The Hall–Kier alpha value is -5.24. The van der Waals surface area contributed by atoms with E-state index in [0.29, 0.717) is 22.7 Å². The van der Waals surface area contributed by atoms with E-state index in [9.17, 15) is 19.2 Å². The molecule has 0 radical (unpaired) electrons. The summed E-state index contributed by atoms with van der Waals surface area (Å²) in [6.07, 6.45) is 0. The molecule has 0 N–H and O–H groups in total. The smallest absolute Gasteiger partial charge is 0.259 e. The van der Waals surface area contributed by atoms with Crippen LogP contribution in [0.5, 0.6) is 0 Å². The molecule has 2 heterocycles. The Balaban J connectivity index is 1.42. The minimum atomic E-state index is -1.24. The van der Waals surface area contributed by atoms with Crippen molar-refractivity contribution in [1.29, 1.82) is 0 Å². The molecule has 0 aromatic heterocycles. The number of hydrazine groups is 2. The van der Waals surface area contributed by atoms with E-state index in [1.165, 1.54) is 20.0 Å². The molecule has 0 spiro atoms. The predicted molar refractivity (Wildman–Crippen MR) is 152 cm³/mol. The summed E-state index contributed by atoms with van der Waals surface area (Å²) in [6.45, 7) is 1.64. The van der Waals surface area contributed by atoms with E-state index in [-0.39, 0.29) is 0 Å². The summed E-state index contributed by atoms with van der Waals surface area (Å²) < 4.78 is 0. The molecule has 2 saturated heterocycles. The first-order chi connectivity index (χ1) is 19.5. The minimum absolute atomic E-state index is 0.488. The predicted octanol–water partition coefficient (Wildman–Crippen LogP) is 4.84. The largest absolute Gasteiger partial charge is 0.272 e. The molecular formula is C32H26N4O4. The fourth-order valence-electron chi connectivity index (χ4n) is 5.47. The standard InChI is InChI=1S/C32H26N4O4/c1-22(27-29(37)33(23-14-6-2-7-15-23)34(30(27)38)24-16-8-3-9-17-24)28-31(39)35(25-18-10-4-11-19-25)36(32(28)40)26-20-12-5-13-21-26/h2-22,27-28H,1H3. The van der Waals surface area contributed by atoms with Crippen LogP contribution in [0, 0.1) is 17.8 Å². The highest BCUT2D eigenvalue weighted by Gasteiger charge is 2.57. The first-order valence-corrected chi connectivity index (χ1v) is 13.0. The maximum atomic E-state index is 14.0. The van der Waals surface area contributed by atoms with Crippen molar-refractivity contribution in [3.05, 3.63) is 121 Å². The molecule has 40 heavy (non-hydrogen) atoms. The Labute approximate surface area is 231 Å². The molecule has 0 saturated carbocycles. The van der Waals surface area contributed by atoms with Gasteiger partial charge in [0.25, 0.3) is 23.6 Å². The van der Waals surface area contributed by atoms with Crippen LogP contribution in [0.1, 0.15) is 6.92 Å².